The number of rotatable bonds is 5. The van der Waals surface area contributed by atoms with Crippen LogP contribution in [0.3, 0.4) is 0 Å². The molecule has 2 heterocycles. The molecular weight excluding hydrogens is 348 g/mol. The van der Waals surface area contributed by atoms with Crippen LogP contribution in [0.5, 0.6) is 0 Å². The van der Waals surface area contributed by atoms with Crippen molar-refractivity contribution >= 4 is 35.1 Å². The maximum Gasteiger partial charge on any atom is 0.277 e. The highest BCUT2D eigenvalue weighted by Crippen LogP contribution is 2.24. The van der Waals surface area contributed by atoms with Gasteiger partial charge in [0.2, 0.25) is 11.8 Å². The minimum Gasteiger partial charge on any atom is -0.411 e. The Morgan fingerprint density at radius 2 is 2.04 bits per heavy atom. The Balaban J connectivity index is 1.57. The molecule has 6 nitrogen and oxygen atoms in total. The van der Waals surface area contributed by atoms with Gasteiger partial charge in [-0.25, -0.2) is 4.98 Å². The van der Waals surface area contributed by atoms with Gasteiger partial charge in [-0.3, -0.25) is 4.79 Å². The van der Waals surface area contributed by atoms with Crippen LogP contribution < -0.4 is 5.32 Å². The Kier molecular flexibility index (Phi) is 5.12. The van der Waals surface area contributed by atoms with E-state index >= 15 is 0 Å². The Labute approximate surface area is 147 Å². The van der Waals surface area contributed by atoms with Crippen LogP contribution >= 0.6 is 23.4 Å². The SMILES string of the molecule is Cc1ccnc(NC(=O)CSc2nnc(-c3ccc(Cl)cc3)o2)c1. The fourth-order valence-electron chi connectivity index (χ4n) is 1.89. The van der Waals surface area contributed by atoms with Gasteiger partial charge in [-0.2, -0.15) is 0 Å². The number of carbonyl (C=O) groups excluding carboxylic acids is 1. The van der Waals surface area contributed by atoms with Crippen LogP contribution in [0.1, 0.15) is 5.56 Å². The highest BCUT2D eigenvalue weighted by atomic mass is 35.5. The zero-order valence-corrected chi connectivity index (χ0v) is 14.3. The molecule has 122 valence electrons. The van der Waals surface area contributed by atoms with Gasteiger partial charge in [0.1, 0.15) is 5.82 Å². The van der Waals surface area contributed by atoms with Gasteiger partial charge >= 0.3 is 0 Å². The lowest BCUT2D eigenvalue weighted by Gasteiger charge is -2.03. The maximum atomic E-state index is 11.9. The van der Waals surface area contributed by atoms with Gasteiger partial charge in [-0.05, 0) is 48.9 Å². The quantitative estimate of drug-likeness (QED) is 0.696. The van der Waals surface area contributed by atoms with Gasteiger partial charge in [-0.1, -0.05) is 23.4 Å². The molecule has 3 aromatic rings. The summed E-state index contributed by atoms with van der Waals surface area (Å²) in [6.45, 7) is 1.93. The minimum absolute atomic E-state index is 0.151. The van der Waals surface area contributed by atoms with Gasteiger partial charge < -0.3 is 9.73 Å². The number of amides is 1. The molecule has 0 saturated carbocycles. The molecule has 24 heavy (non-hydrogen) atoms. The van der Waals surface area contributed by atoms with Crippen molar-refractivity contribution in [2.24, 2.45) is 0 Å². The first kappa shape index (κ1) is 16.5. The second-order valence-corrected chi connectivity index (χ2v) is 6.30. The fraction of sp³-hybridized carbons (Fsp3) is 0.125. The molecule has 0 aliphatic heterocycles. The van der Waals surface area contributed by atoms with Crippen molar-refractivity contribution in [2.75, 3.05) is 11.1 Å². The Hall–Kier alpha value is -2.38. The number of anilines is 1. The number of thioether (sulfide) groups is 1. The van der Waals surface area contributed by atoms with E-state index in [2.05, 4.69) is 20.5 Å². The summed E-state index contributed by atoms with van der Waals surface area (Å²) >= 11 is 7.01. The predicted octanol–water partition coefficient (Wildman–Crippen LogP) is 3.82. The molecule has 0 aliphatic rings. The number of aryl methyl sites for hydroxylation is 1. The number of aromatic nitrogens is 3. The van der Waals surface area contributed by atoms with Crippen LogP contribution in [-0.2, 0) is 4.79 Å². The van der Waals surface area contributed by atoms with Gasteiger partial charge in [0.05, 0.1) is 5.75 Å². The summed E-state index contributed by atoms with van der Waals surface area (Å²) in [5, 5.41) is 11.6. The number of hydrogen-bond donors (Lipinski definition) is 1. The van der Waals surface area contributed by atoms with E-state index in [1.165, 1.54) is 0 Å². The third-order valence-electron chi connectivity index (χ3n) is 3.01. The lowest BCUT2D eigenvalue weighted by molar-refractivity contribution is -0.113. The standard InChI is InChI=1S/C16H13ClN4O2S/c1-10-6-7-18-13(8-10)19-14(22)9-24-16-21-20-15(23-16)11-2-4-12(17)5-3-11/h2-8H,9H2,1H3,(H,18,19,22). The number of pyridine rings is 1. The molecule has 0 saturated heterocycles. The summed E-state index contributed by atoms with van der Waals surface area (Å²) < 4.78 is 5.53. The first-order valence-corrected chi connectivity index (χ1v) is 8.41. The Morgan fingerprint density at radius 3 is 2.79 bits per heavy atom. The molecule has 1 aromatic carbocycles. The van der Waals surface area contributed by atoms with Crippen molar-refractivity contribution < 1.29 is 9.21 Å². The van der Waals surface area contributed by atoms with E-state index in [-0.39, 0.29) is 11.7 Å². The third kappa shape index (κ3) is 4.33. The molecule has 1 N–H and O–H groups in total. The molecular formula is C16H13ClN4O2S. The molecule has 2 aromatic heterocycles. The van der Waals surface area contributed by atoms with E-state index in [4.69, 9.17) is 16.0 Å². The van der Waals surface area contributed by atoms with Crippen LogP contribution in [0.25, 0.3) is 11.5 Å². The largest absolute Gasteiger partial charge is 0.411 e. The molecule has 0 radical (unpaired) electrons. The molecule has 0 fully saturated rings. The van der Waals surface area contributed by atoms with Gasteiger partial charge in [0.25, 0.3) is 5.22 Å². The summed E-state index contributed by atoms with van der Waals surface area (Å²) in [5.74, 6) is 0.866. The average molecular weight is 361 g/mol. The fourth-order valence-corrected chi connectivity index (χ4v) is 2.58. The van der Waals surface area contributed by atoms with Crippen molar-refractivity contribution in [1.29, 1.82) is 0 Å². The number of carbonyl (C=O) groups is 1. The number of halogens is 1. The summed E-state index contributed by atoms with van der Waals surface area (Å²) in [6, 6.07) is 10.7. The molecule has 0 unspecified atom stereocenters. The molecule has 0 aliphatic carbocycles. The van der Waals surface area contributed by atoms with Crippen LogP contribution in [-0.4, -0.2) is 26.8 Å². The van der Waals surface area contributed by atoms with E-state index in [9.17, 15) is 4.79 Å². The first-order valence-electron chi connectivity index (χ1n) is 7.05. The highest BCUT2D eigenvalue weighted by molar-refractivity contribution is 7.99. The normalized spacial score (nSPS) is 10.6. The first-order chi connectivity index (χ1) is 11.6. The van der Waals surface area contributed by atoms with E-state index < -0.39 is 0 Å². The van der Waals surface area contributed by atoms with Crippen LogP contribution in [0.2, 0.25) is 5.02 Å². The van der Waals surface area contributed by atoms with Crippen molar-refractivity contribution in [3.63, 3.8) is 0 Å². The monoisotopic (exact) mass is 360 g/mol. The lowest BCUT2D eigenvalue weighted by atomic mass is 10.2. The zero-order chi connectivity index (χ0) is 16.9. The van der Waals surface area contributed by atoms with E-state index in [1.54, 1.807) is 36.5 Å². The van der Waals surface area contributed by atoms with Gasteiger partial charge in [0, 0.05) is 16.8 Å². The van der Waals surface area contributed by atoms with Gasteiger partial charge in [-0.15, -0.1) is 10.2 Å². The van der Waals surface area contributed by atoms with E-state index in [0.29, 0.717) is 22.0 Å². The third-order valence-corrected chi connectivity index (χ3v) is 4.08. The van der Waals surface area contributed by atoms with Crippen LogP contribution in [0, 0.1) is 6.92 Å². The smallest absolute Gasteiger partial charge is 0.277 e. The minimum atomic E-state index is -0.190. The number of nitrogens with zero attached hydrogens (tertiary/aromatic N) is 3. The molecule has 8 heteroatoms. The topological polar surface area (TPSA) is 80.9 Å². The summed E-state index contributed by atoms with van der Waals surface area (Å²) in [5.41, 5.74) is 1.80. The maximum absolute atomic E-state index is 11.9. The van der Waals surface area contributed by atoms with Crippen molar-refractivity contribution in [2.45, 2.75) is 12.1 Å². The Bertz CT molecular complexity index is 851. The van der Waals surface area contributed by atoms with Crippen molar-refractivity contribution in [3.8, 4) is 11.5 Å². The van der Waals surface area contributed by atoms with Gasteiger partial charge in [0.15, 0.2) is 0 Å². The lowest BCUT2D eigenvalue weighted by Crippen LogP contribution is -2.15. The van der Waals surface area contributed by atoms with Crippen molar-refractivity contribution in [3.05, 3.63) is 53.2 Å². The summed E-state index contributed by atoms with van der Waals surface area (Å²) in [7, 11) is 0. The highest BCUT2D eigenvalue weighted by Gasteiger charge is 2.11. The van der Waals surface area contributed by atoms with E-state index in [0.717, 1.165) is 22.9 Å². The van der Waals surface area contributed by atoms with Crippen LogP contribution in [0.15, 0.2) is 52.2 Å². The zero-order valence-electron chi connectivity index (χ0n) is 12.7. The number of benzene rings is 1. The summed E-state index contributed by atoms with van der Waals surface area (Å²) in [6.07, 6.45) is 1.65. The molecule has 1 amide bonds. The molecule has 0 spiro atoms. The molecule has 0 bridgehead atoms. The second-order valence-electron chi connectivity index (χ2n) is 4.94. The molecule has 3 rings (SSSR count). The number of hydrogen-bond acceptors (Lipinski definition) is 6. The second kappa shape index (κ2) is 7.46. The van der Waals surface area contributed by atoms with E-state index in [1.807, 2.05) is 13.0 Å². The Morgan fingerprint density at radius 1 is 1.25 bits per heavy atom. The summed E-state index contributed by atoms with van der Waals surface area (Å²) in [4.78, 5) is 16.0. The predicted molar refractivity (Wildman–Crippen MR) is 93.1 cm³/mol. The van der Waals surface area contributed by atoms with Crippen LogP contribution in [0.4, 0.5) is 5.82 Å². The molecule has 0 atom stereocenters. The average Bonchev–Trinajstić information content (AvgIpc) is 3.03. The number of nitrogens with one attached hydrogen (secondary N) is 1. The van der Waals surface area contributed by atoms with Crippen molar-refractivity contribution in [1.82, 2.24) is 15.2 Å².